The van der Waals surface area contributed by atoms with E-state index in [4.69, 9.17) is 19.2 Å². The number of ether oxygens (including phenoxy) is 1. The number of hydrogen-bond acceptors (Lipinski definition) is 7. The van der Waals surface area contributed by atoms with Crippen molar-refractivity contribution < 1.29 is 14.1 Å². The molecule has 5 rings (SSSR count). The van der Waals surface area contributed by atoms with E-state index in [9.17, 15) is 4.79 Å². The Kier molecular flexibility index (Phi) is 5.41. The third-order valence-corrected chi connectivity index (χ3v) is 5.96. The van der Waals surface area contributed by atoms with Gasteiger partial charge in [0, 0.05) is 18.0 Å². The lowest BCUT2D eigenvalue weighted by Gasteiger charge is -2.14. The van der Waals surface area contributed by atoms with E-state index in [-0.39, 0.29) is 12.0 Å². The van der Waals surface area contributed by atoms with Crippen LogP contribution in [-0.4, -0.2) is 37.8 Å². The summed E-state index contributed by atoms with van der Waals surface area (Å²) in [6.07, 6.45) is 5.57. The molecular weight excluding hydrogens is 430 g/mol. The first-order valence-corrected chi connectivity index (χ1v) is 10.9. The molecule has 0 amide bonds. The van der Waals surface area contributed by atoms with Crippen LogP contribution in [0.25, 0.3) is 33.5 Å². The average molecular weight is 454 g/mol. The number of carbonyl (C=O) groups is 1. The van der Waals surface area contributed by atoms with Gasteiger partial charge < -0.3 is 13.8 Å². The van der Waals surface area contributed by atoms with Gasteiger partial charge in [0.05, 0.1) is 47.6 Å². The molecule has 170 valence electrons. The molecule has 0 saturated carbocycles. The third kappa shape index (κ3) is 3.63. The fourth-order valence-electron chi connectivity index (χ4n) is 4.16. The first-order chi connectivity index (χ1) is 16.5. The van der Waals surface area contributed by atoms with Crippen LogP contribution in [0, 0.1) is 13.8 Å². The minimum Gasteiger partial charge on any atom is -0.465 e. The van der Waals surface area contributed by atoms with Crippen molar-refractivity contribution in [3.05, 3.63) is 83.8 Å². The SMILES string of the molecule is COC(=O)c1ccc(-c2cn([C@@H](C)c3ccccn3)c3nc(-c4c(C)noc4C)cnc23)cc1. The van der Waals surface area contributed by atoms with Crippen molar-refractivity contribution in [3.8, 4) is 22.4 Å². The van der Waals surface area contributed by atoms with Gasteiger partial charge >= 0.3 is 5.97 Å². The highest BCUT2D eigenvalue weighted by molar-refractivity contribution is 5.94. The predicted octanol–water partition coefficient (Wildman–Crippen LogP) is 5.16. The minimum absolute atomic E-state index is 0.0824. The Morgan fingerprint density at radius 3 is 2.53 bits per heavy atom. The van der Waals surface area contributed by atoms with Gasteiger partial charge in [0.25, 0.3) is 0 Å². The van der Waals surface area contributed by atoms with Crippen LogP contribution < -0.4 is 0 Å². The highest BCUT2D eigenvalue weighted by Crippen LogP contribution is 2.34. The van der Waals surface area contributed by atoms with Crippen LogP contribution in [0.5, 0.6) is 0 Å². The zero-order valence-electron chi connectivity index (χ0n) is 19.3. The Bertz CT molecular complexity index is 1470. The highest BCUT2D eigenvalue weighted by Gasteiger charge is 2.21. The van der Waals surface area contributed by atoms with Crippen molar-refractivity contribution in [2.45, 2.75) is 26.8 Å². The van der Waals surface area contributed by atoms with Crippen LogP contribution in [0.4, 0.5) is 0 Å². The van der Waals surface area contributed by atoms with Gasteiger partial charge in [-0.05, 0) is 50.6 Å². The molecule has 0 aliphatic carbocycles. The predicted molar refractivity (Wildman–Crippen MR) is 127 cm³/mol. The second kappa shape index (κ2) is 8.55. The number of nitrogens with zero attached hydrogens (tertiary/aromatic N) is 5. The van der Waals surface area contributed by atoms with Crippen molar-refractivity contribution in [3.63, 3.8) is 0 Å². The van der Waals surface area contributed by atoms with Crippen molar-refractivity contribution in [1.82, 2.24) is 24.7 Å². The van der Waals surface area contributed by atoms with Crippen LogP contribution in [0.1, 0.15) is 40.5 Å². The van der Waals surface area contributed by atoms with Crippen LogP contribution in [0.2, 0.25) is 0 Å². The van der Waals surface area contributed by atoms with Crippen LogP contribution >= 0.6 is 0 Å². The number of aryl methyl sites for hydroxylation is 2. The lowest BCUT2D eigenvalue weighted by Crippen LogP contribution is -2.08. The zero-order valence-corrected chi connectivity index (χ0v) is 19.3. The molecule has 1 aromatic carbocycles. The second-order valence-electron chi connectivity index (χ2n) is 8.08. The highest BCUT2D eigenvalue weighted by atomic mass is 16.5. The summed E-state index contributed by atoms with van der Waals surface area (Å²) in [6, 6.07) is 13.1. The number of carbonyl (C=O) groups excluding carboxylic acids is 1. The summed E-state index contributed by atoms with van der Waals surface area (Å²) in [7, 11) is 1.37. The number of pyridine rings is 1. The largest absolute Gasteiger partial charge is 0.465 e. The maximum Gasteiger partial charge on any atom is 0.337 e. The lowest BCUT2D eigenvalue weighted by molar-refractivity contribution is 0.0600. The minimum atomic E-state index is -0.373. The summed E-state index contributed by atoms with van der Waals surface area (Å²) in [4.78, 5) is 26.2. The fraction of sp³-hybridized carbons (Fsp3) is 0.192. The summed E-state index contributed by atoms with van der Waals surface area (Å²) in [6.45, 7) is 5.84. The molecule has 0 unspecified atom stereocenters. The van der Waals surface area contributed by atoms with Crippen LogP contribution in [0.15, 0.2) is 65.6 Å². The first kappa shape index (κ1) is 21.5. The fourth-order valence-corrected chi connectivity index (χ4v) is 4.16. The van der Waals surface area contributed by atoms with Gasteiger partial charge in [0.2, 0.25) is 0 Å². The molecule has 0 bridgehead atoms. The smallest absolute Gasteiger partial charge is 0.337 e. The summed E-state index contributed by atoms with van der Waals surface area (Å²) in [5, 5.41) is 4.06. The number of rotatable bonds is 5. The van der Waals surface area contributed by atoms with Crippen LogP contribution in [-0.2, 0) is 4.74 Å². The molecule has 8 heteroatoms. The number of hydrogen-bond donors (Lipinski definition) is 0. The van der Waals surface area contributed by atoms with E-state index in [1.807, 2.05) is 50.4 Å². The van der Waals surface area contributed by atoms with Crippen molar-refractivity contribution >= 4 is 17.1 Å². The molecule has 8 nitrogen and oxygen atoms in total. The monoisotopic (exact) mass is 453 g/mol. The Hall–Kier alpha value is -4.33. The second-order valence-corrected chi connectivity index (χ2v) is 8.08. The summed E-state index contributed by atoms with van der Waals surface area (Å²) >= 11 is 0. The van der Waals surface area contributed by atoms with E-state index < -0.39 is 0 Å². The van der Waals surface area contributed by atoms with Crippen molar-refractivity contribution in [1.29, 1.82) is 0 Å². The molecule has 0 aliphatic heterocycles. The number of esters is 1. The maximum absolute atomic E-state index is 11.9. The number of aromatic nitrogens is 5. The number of fused-ring (bicyclic) bond motifs is 1. The molecule has 0 spiro atoms. The van der Waals surface area contributed by atoms with Gasteiger partial charge in [-0.1, -0.05) is 23.4 Å². The van der Waals surface area contributed by atoms with E-state index in [2.05, 4.69) is 21.6 Å². The van der Waals surface area contributed by atoms with Gasteiger partial charge in [0.15, 0.2) is 5.65 Å². The molecule has 4 heterocycles. The van der Waals surface area contributed by atoms with E-state index in [0.717, 1.165) is 39.2 Å². The molecule has 1 atom stereocenters. The molecule has 0 N–H and O–H groups in total. The Balaban J connectivity index is 1.70. The molecule has 0 aliphatic rings. The molecular formula is C26H23N5O3. The first-order valence-electron chi connectivity index (χ1n) is 10.9. The molecule has 0 saturated heterocycles. The van der Waals surface area contributed by atoms with E-state index >= 15 is 0 Å². The Labute approximate surface area is 196 Å². The third-order valence-electron chi connectivity index (χ3n) is 5.96. The normalized spacial score (nSPS) is 12.1. The van der Waals surface area contributed by atoms with Crippen molar-refractivity contribution in [2.75, 3.05) is 7.11 Å². The van der Waals surface area contributed by atoms with Crippen LogP contribution in [0.3, 0.4) is 0 Å². The topological polar surface area (TPSA) is 95.9 Å². The zero-order chi connectivity index (χ0) is 23.8. The lowest BCUT2D eigenvalue weighted by atomic mass is 10.1. The Morgan fingerprint density at radius 2 is 1.88 bits per heavy atom. The molecule has 5 aromatic rings. The Morgan fingerprint density at radius 1 is 1.09 bits per heavy atom. The summed E-state index contributed by atoms with van der Waals surface area (Å²) < 4.78 is 12.2. The van der Waals surface area contributed by atoms with E-state index in [0.29, 0.717) is 17.0 Å². The van der Waals surface area contributed by atoms with Gasteiger partial charge in [0.1, 0.15) is 11.3 Å². The standard InChI is InChI=1S/C26H23N5O3/c1-15-23(17(3)34-30-15)22-13-28-24-20(18-8-10-19(11-9-18)26(32)33-4)14-31(25(24)29-22)16(2)21-7-5-6-12-27-21/h5-14,16H,1-4H3/t16-/m0/s1. The summed E-state index contributed by atoms with van der Waals surface area (Å²) in [5.74, 6) is 0.322. The van der Waals surface area contributed by atoms with E-state index in [1.165, 1.54) is 7.11 Å². The summed E-state index contributed by atoms with van der Waals surface area (Å²) in [5.41, 5.74) is 7.02. The van der Waals surface area contributed by atoms with Gasteiger partial charge in [-0.25, -0.2) is 14.8 Å². The van der Waals surface area contributed by atoms with Gasteiger partial charge in [-0.15, -0.1) is 0 Å². The molecule has 0 radical (unpaired) electrons. The average Bonchev–Trinajstić information content (AvgIpc) is 3.42. The molecule has 4 aromatic heterocycles. The maximum atomic E-state index is 11.9. The number of methoxy groups -OCH3 is 1. The molecule has 0 fully saturated rings. The van der Waals surface area contributed by atoms with Gasteiger partial charge in [-0.2, -0.15) is 0 Å². The van der Waals surface area contributed by atoms with E-state index in [1.54, 1.807) is 24.5 Å². The van der Waals surface area contributed by atoms with Gasteiger partial charge in [-0.3, -0.25) is 4.98 Å². The number of benzene rings is 1. The van der Waals surface area contributed by atoms with Crippen molar-refractivity contribution in [2.24, 2.45) is 0 Å². The quantitative estimate of drug-likeness (QED) is 0.339. The molecule has 34 heavy (non-hydrogen) atoms.